The van der Waals surface area contributed by atoms with E-state index in [1.54, 1.807) is 0 Å². The molecule has 2 aromatic heterocycles. The molecule has 0 saturated heterocycles. The van der Waals surface area contributed by atoms with Gasteiger partial charge in [-0.3, -0.25) is 0 Å². The quantitative estimate of drug-likeness (QED) is 0.861. The maximum absolute atomic E-state index is 5.70. The molecule has 0 aliphatic rings. The van der Waals surface area contributed by atoms with Gasteiger partial charge in [0.05, 0.1) is 6.04 Å². The molecule has 0 saturated carbocycles. The third-order valence-electron chi connectivity index (χ3n) is 3.45. The number of furan rings is 1. The fourth-order valence-electron chi connectivity index (χ4n) is 2.42. The average molecular weight is 291 g/mol. The summed E-state index contributed by atoms with van der Waals surface area (Å²) in [6.45, 7) is 13.9. The molecule has 110 valence electrons. The molecule has 20 heavy (non-hydrogen) atoms. The molecule has 0 spiro atoms. The standard InChI is InChI=1S/C17H25NOS/c1-7-18-16(13-10-11(2)19-12(13)3)14-8-9-15(20-14)17(4,5)6/h8-10,16,18H,7H2,1-6H3. The Bertz CT molecular complexity index is 574. The van der Waals surface area contributed by atoms with Gasteiger partial charge in [0.2, 0.25) is 0 Å². The molecule has 0 aromatic carbocycles. The van der Waals surface area contributed by atoms with Gasteiger partial charge < -0.3 is 9.73 Å². The van der Waals surface area contributed by atoms with Crippen molar-refractivity contribution in [2.75, 3.05) is 6.54 Å². The molecule has 0 radical (unpaired) electrons. The minimum absolute atomic E-state index is 0.209. The Labute approximate surface area is 126 Å². The van der Waals surface area contributed by atoms with Crippen molar-refractivity contribution in [2.45, 2.75) is 53.0 Å². The monoisotopic (exact) mass is 291 g/mol. The summed E-state index contributed by atoms with van der Waals surface area (Å²) in [6.07, 6.45) is 0. The van der Waals surface area contributed by atoms with Crippen molar-refractivity contribution in [1.29, 1.82) is 0 Å². The Hall–Kier alpha value is -1.06. The highest BCUT2D eigenvalue weighted by Gasteiger charge is 2.23. The average Bonchev–Trinajstić information content (AvgIpc) is 2.92. The van der Waals surface area contributed by atoms with Gasteiger partial charge in [-0.1, -0.05) is 27.7 Å². The molecule has 2 aromatic rings. The number of rotatable bonds is 4. The van der Waals surface area contributed by atoms with Crippen molar-refractivity contribution < 1.29 is 4.42 Å². The van der Waals surface area contributed by atoms with Gasteiger partial charge in [-0.25, -0.2) is 0 Å². The van der Waals surface area contributed by atoms with Crippen LogP contribution >= 0.6 is 11.3 Å². The molecule has 1 unspecified atom stereocenters. The van der Waals surface area contributed by atoms with Crippen LogP contribution in [0.5, 0.6) is 0 Å². The maximum atomic E-state index is 5.70. The van der Waals surface area contributed by atoms with Crippen LogP contribution in [-0.2, 0) is 5.41 Å². The molecular formula is C17H25NOS. The summed E-state index contributed by atoms with van der Waals surface area (Å²) in [5.74, 6) is 1.99. The third-order valence-corrected chi connectivity index (χ3v) is 5.02. The second kappa shape index (κ2) is 5.74. The third kappa shape index (κ3) is 3.15. The molecule has 1 atom stereocenters. The summed E-state index contributed by atoms with van der Waals surface area (Å²) >= 11 is 1.90. The lowest BCUT2D eigenvalue weighted by atomic mass is 9.95. The first-order valence-corrected chi connectivity index (χ1v) is 8.05. The minimum Gasteiger partial charge on any atom is -0.466 e. The lowest BCUT2D eigenvalue weighted by Crippen LogP contribution is -2.21. The van der Waals surface area contributed by atoms with Gasteiger partial charge in [-0.15, -0.1) is 11.3 Å². The van der Waals surface area contributed by atoms with E-state index in [9.17, 15) is 0 Å². The fourth-order valence-corrected chi connectivity index (χ4v) is 3.58. The SMILES string of the molecule is CCNC(c1ccc(C(C)(C)C)s1)c1cc(C)oc1C. The van der Waals surface area contributed by atoms with Gasteiger partial charge in [-0.05, 0) is 44.0 Å². The molecular weight excluding hydrogens is 266 g/mol. The van der Waals surface area contributed by atoms with Gasteiger partial charge >= 0.3 is 0 Å². The Kier molecular flexibility index (Phi) is 4.40. The maximum Gasteiger partial charge on any atom is 0.106 e. The number of aryl methyl sites for hydroxylation is 2. The number of thiophene rings is 1. The molecule has 0 fully saturated rings. The Morgan fingerprint density at radius 1 is 1.25 bits per heavy atom. The van der Waals surface area contributed by atoms with Crippen LogP contribution in [0.1, 0.15) is 60.6 Å². The normalized spacial score (nSPS) is 13.7. The van der Waals surface area contributed by atoms with E-state index in [0.29, 0.717) is 0 Å². The number of hydrogen-bond donors (Lipinski definition) is 1. The van der Waals surface area contributed by atoms with Crippen LogP contribution in [0.4, 0.5) is 0 Å². The van der Waals surface area contributed by atoms with Crippen LogP contribution in [0.3, 0.4) is 0 Å². The summed E-state index contributed by atoms with van der Waals surface area (Å²) in [7, 11) is 0. The highest BCUT2D eigenvalue weighted by atomic mass is 32.1. The Morgan fingerprint density at radius 2 is 1.95 bits per heavy atom. The molecule has 1 N–H and O–H groups in total. The summed E-state index contributed by atoms with van der Waals surface area (Å²) in [4.78, 5) is 2.79. The molecule has 2 heterocycles. The van der Waals surface area contributed by atoms with Crippen LogP contribution in [0, 0.1) is 13.8 Å². The first kappa shape index (κ1) is 15.3. The van der Waals surface area contributed by atoms with E-state index in [4.69, 9.17) is 4.42 Å². The highest BCUT2D eigenvalue weighted by molar-refractivity contribution is 7.12. The molecule has 2 rings (SSSR count). The zero-order valence-corrected chi connectivity index (χ0v) is 14.1. The second-order valence-corrected chi connectivity index (χ2v) is 7.43. The van der Waals surface area contributed by atoms with E-state index < -0.39 is 0 Å². The van der Waals surface area contributed by atoms with Crippen molar-refractivity contribution in [2.24, 2.45) is 0 Å². The van der Waals surface area contributed by atoms with Crippen LogP contribution in [-0.4, -0.2) is 6.54 Å². The van der Waals surface area contributed by atoms with Crippen molar-refractivity contribution >= 4 is 11.3 Å². The summed E-state index contributed by atoms with van der Waals surface area (Å²) in [5.41, 5.74) is 1.47. The summed E-state index contributed by atoms with van der Waals surface area (Å²) < 4.78 is 5.70. The predicted molar refractivity (Wildman–Crippen MR) is 86.7 cm³/mol. The van der Waals surface area contributed by atoms with Crippen molar-refractivity contribution in [3.63, 3.8) is 0 Å². The molecule has 3 heteroatoms. The van der Waals surface area contributed by atoms with Gasteiger partial charge in [0.25, 0.3) is 0 Å². The van der Waals surface area contributed by atoms with Crippen molar-refractivity contribution in [1.82, 2.24) is 5.32 Å². The van der Waals surface area contributed by atoms with E-state index in [1.165, 1.54) is 15.3 Å². The van der Waals surface area contributed by atoms with E-state index in [2.05, 4.69) is 51.2 Å². The van der Waals surface area contributed by atoms with E-state index >= 15 is 0 Å². The van der Waals surface area contributed by atoms with Crippen molar-refractivity contribution in [3.8, 4) is 0 Å². The smallest absolute Gasteiger partial charge is 0.106 e. The summed E-state index contributed by atoms with van der Waals surface area (Å²) in [5, 5.41) is 3.58. The lowest BCUT2D eigenvalue weighted by molar-refractivity contribution is 0.495. The fraction of sp³-hybridized carbons (Fsp3) is 0.529. The van der Waals surface area contributed by atoms with Gasteiger partial charge in [0.1, 0.15) is 11.5 Å². The Morgan fingerprint density at radius 3 is 2.40 bits per heavy atom. The zero-order chi connectivity index (χ0) is 14.9. The molecule has 0 amide bonds. The number of hydrogen-bond acceptors (Lipinski definition) is 3. The molecule has 0 aliphatic heterocycles. The first-order chi connectivity index (χ1) is 9.32. The van der Waals surface area contributed by atoms with E-state index in [1.807, 2.05) is 25.2 Å². The minimum atomic E-state index is 0.209. The highest BCUT2D eigenvalue weighted by Crippen LogP contribution is 2.36. The lowest BCUT2D eigenvalue weighted by Gasteiger charge is -2.18. The topological polar surface area (TPSA) is 25.2 Å². The summed E-state index contributed by atoms with van der Waals surface area (Å²) in [6, 6.07) is 6.89. The van der Waals surface area contributed by atoms with Crippen LogP contribution < -0.4 is 5.32 Å². The predicted octanol–water partition coefficient (Wildman–Crippen LogP) is 4.95. The molecule has 2 nitrogen and oxygen atoms in total. The van der Waals surface area contributed by atoms with E-state index in [0.717, 1.165) is 18.1 Å². The van der Waals surface area contributed by atoms with Gasteiger partial charge in [0.15, 0.2) is 0 Å². The van der Waals surface area contributed by atoms with E-state index in [-0.39, 0.29) is 11.5 Å². The Balaban J connectivity index is 2.39. The van der Waals surface area contributed by atoms with Crippen LogP contribution in [0.2, 0.25) is 0 Å². The second-order valence-electron chi connectivity index (χ2n) is 6.31. The zero-order valence-electron chi connectivity index (χ0n) is 13.3. The molecule has 0 bridgehead atoms. The van der Waals surface area contributed by atoms with Crippen LogP contribution in [0.15, 0.2) is 22.6 Å². The van der Waals surface area contributed by atoms with Crippen LogP contribution in [0.25, 0.3) is 0 Å². The first-order valence-electron chi connectivity index (χ1n) is 7.23. The largest absolute Gasteiger partial charge is 0.466 e. The van der Waals surface area contributed by atoms with Crippen molar-refractivity contribution in [3.05, 3.63) is 45.0 Å². The van der Waals surface area contributed by atoms with Gasteiger partial charge in [0, 0.05) is 15.3 Å². The molecule has 0 aliphatic carbocycles. The number of nitrogens with one attached hydrogen (secondary N) is 1. The van der Waals surface area contributed by atoms with Gasteiger partial charge in [-0.2, -0.15) is 0 Å².